The number of nitrogens with one attached hydrogen (secondary N) is 2. The molecule has 0 aliphatic heterocycles. The van der Waals surface area contributed by atoms with E-state index in [9.17, 15) is 19.5 Å². The number of hydrogen-bond acceptors (Lipinski definition) is 6. The van der Waals surface area contributed by atoms with E-state index in [1.54, 1.807) is 0 Å². The number of carbonyl (C=O) groups excluding carboxylic acids is 2. The van der Waals surface area contributed by atoms with E-state index in [2.05, 4.69) is 10.6 Å². The fourth-order valence-electron chi connectivity index (χ4n) is 3.48. The minimum absolute atomic E-state index is 0.171. The van der Waals surface area contributed by atoms with Crippen molar-refractivity contribution in [1.82, 2.24) is 20.4 Å². The number of benzene rings is 2. The molecule has 0 unspecified atom stereocenters. The van der Waals surface area contributed by atoms with Gasteiger partial charge in [-0.1, -0.05) is 60.7 Å². The van der Waals surface area contributed by atoms with Crippen molar-refractivity contribution < 1.29 is 29.0 Å². The van der Waals surface area contributed by atoms with Crippen molar-refractivity contribution in [3.05, 3.63) is 71.8 Å². The largest absolute Gasteiger partial charge is 0.465 e. The average Bonchev–Trinajstić information content (AvgIpc) is 2.86. The number of carbonyl (C=O) groups is 3. The van der Waals surface area contributed by atoms with E-state index < -0.39 is 23.8 Å². The fourth-order valence-corrected chi connectivity index (χ4v) is 3.48. The first-order valence-corrected chi connectivity index (χ1v) is 12.3. The van der Waals surface area contributed by atoms with Crippen molar-refractivity contribution >= 4 is 18.3 Å². The maximum absolute atomic E-state index is 12.1. The summed E-state index contributed by atoms with van der Waals surface area (Å²) < 4.78 is 10.5. The highest BCUT2D eigenvalue weighted by molar-refractivity contribution is 5.67. The van der Waals surface area contributed by atoms with Crippen LogP contribution in [0.25, 0.3) is 0 Å². The predicted octanol–water partition coefficient (Wildman–Crippen LogP) is 3.92. The standard InChI is InChI=1S/C27H38N4O6/c1-27(2,3)31(26(34)35)19-18-30(16-14-28-24(32)36-20-22-10-6-4-7-11-22)17-15-29-25(33)37-21-23-12-8-5-9-13-23/h4-13H,14-21H2,1-3H3,(H,28,32)(H,29,33)(H,34,35). The molecule has 202 valence electrons. The SMILES string of the molecule is CC(C)(C)N(CCN(CCNC(=O)OCc1ccccc1)CCNC(=O)OCc1ccccc1)C(=O)O. The van der Waals surface area contributed by atoms with Gasteiger partial charge in [-0.2, -0.15) is 0 Å². The summed E-state index contributed by atoms with van der Waals surface area (Å²) in [4.78, 5) is 39.2. The second-order valence-electron chi connectivity index (χ2n) is 9.42. The highest BCUT2D eigenvalue weighted by atomic mass is 16.6. The van der Waals surface area contributed by atoms with Crippen molar-refractivity contribution in [2.24, 2.45) is 0 Å². The first-order chi connectivity index (χ1) is 17.6. The van der Waals surface area contributed by atoms with Crippen LogP contribution in [0.1, 0.15) is 31.9 Å². The van der Waals surface area contributed by atoms with Crippen LogP contribution in [0.2, 0.25) is 0 Å². The molecule has 37 heavy (non-hydrogen) atoms. The van der Waals surface area contributed by atoms with Crippen LogP contribution >= 0.6 is 0 Å². The van der Waals surface area contributed by atoms with Gasteiger partial charge >= 0.3 is 18.3 Å². The van der Waals surface area contributed by atoms with Crippen LogP contribution in [-0.4, -0.2) is 78.0 Å². The van der Waals surface area contributed by atoms with E-state index in [4.69, 9.17) is 9.47 Å². The fraction of sp³-hybridized carbons (Fsp3) is 0.444. The third kappa shape index (κ3) is 12.1. The van der Waals surface area contributed by atoms with Crippen LogP contribution in [0.15, 0.2) is 60.7 Å². The number of carboxylic acid groups (broad SMARTS) is 1. The zero-order chi connectivity index (χ0) is 27.1. The first kappa shape index (κ1) is 29.4. The first-order valence-electron chi connectivity index (χ1n) is 12.3. The summed E-state index contributed by atoms with van der Waals surface area (Å²) >= 11 is 0. The van der Waals surface area contributed by atoms with Crippen LogP contribution in [0.3, 0.4) is 0 Å². The van der Waals surface area contributed by atoms with Crippen molar-refractivity contribution in [3.8, 4) is 0 Å². The van der Waals surface area contributed by atoms with E-state index in [0.717, 1.165) is 11.1 Å². The lowest BCUT2D eigenvalue weighted by atomic mass is 10.1. The van der Waals surface area contributed by atoms with Crippen LogP contribution in [0, 0.1) is 0 Å². The Morgan fingerprint density at radius 3 is 1.54 bits per heavy atom. The van der Waals surface area contributed by atoms with Gasteiger partial charge in [0, 0.05) is 44.8 Å². The molecule has 0 aromatic heterocycles. The molecule has 10 heteroatoms. The number of alkyl carbamates (subject to hydrolysis) is 2. The van der Waals surface area contributed by atoms with E-state index in [-0.39, 0.29) is 19.8 Å². The van der Waals surface area contributed by atoms with Gasteiger partial charge in [-0.15, -0.1) is 0 Å². The zero-order valence-corrected chi connectivity index (χ0v) is 21.8. The molecular formula is C27H38N4O6. The number of rotatable bonds is 13. The van der Waals surface area contributed by atoms with Gasteiger partial charge in [0.15, 0.2) is 0 Å². The summed E-state index contributed by atoms with van der Waals surface area (Å²) in [6.45, 7) is 8.02. The smallest absolute Gasteiger partial charge is 0.407 e. The number of nitrogens with zero attached hydrogens (tertiary/aromatic N) is 2. The number of hydrogen-bond donors (Lipinski definition) is 3. The lowest BCUT2D eigenvalue weighted by molar-refractivity contribution is 0.0907. The van der Waals surface area contributed by atoms with Crippen LogP contribution in [0.4, 0.5) is 14.4 Å². The Kier molecular flexibility index (Phi) is 12.2. The summed E-state index contributed by atoms with van der Waals surface area (Å²) in [5, 5.41) is 15.0. The molecule has 0 atom stereocenters. The zero-order valence-electron chi connectivity index (χ0n) is 21.8. The second kappa shape index (κ2) is 15.4. The minimum atomic E-state index is -1.00. The minimum Gasteiger partial charge on any atom is -0.465 e. The molecule has 0 saturated heterocycles. The molecule has 0 fully saturated rings. The van der Waals surface area contributed by atoms with Crippen molar-refractivity contribution in [1.29, 1.82) is 0 Å². The quantitative estimate of drug-likeness (QED) is 0.371. The molecule has 10 nitrogen and oxygen atoms in total. The summed E-state index contributed by atoms with van der Waals surface area (Å²) in [6, 6.07) is 18.8. The van der Waals surface area contributed by atoms with E-state index in [1.165, 1.54) is 4.90 Å². The molecular weight excluding hydrogens is 476 g/mol. The van der Waals surface area contributed by atoms with E-state index in [1.807, 2.05) is 86.3 Å². The third-order valence-electron chi connectivity index (χ3n) is 5.50. The molecule has 0 bridgehead atoms. The van der Waals surface area contributed by atoms with Gasteiger partial charge in [0.05, 0.1) is 0 Å². The molecule has 0 spiro atoms. The van der Waals surface area contributed by atoms with Crippen molar-refractivity contribution in [2.75, 3.05) is 39.3 Å². The Balaban J connectivity index is 1.81. The molecule has 2 aromatic carbocycles. The topological polar surface area (TPSA) is 120 Å². The monoisotopic (exact) mass is 514 g/mol. The summed E-state index contributed by atoms with van der Waals surface area (Å²) in [5.74, 6) is 0. The second-order valence-corrected chi connectivity index (χ2v) is 9.42. The van der Waals surface area contributed by atoms with Gasteiger partial charge in [-0.3, -0.25) is 4.90 Å². The Hall–Kier alpha value is -3.79. The highest BCUT2D eigenvalue weighted by Gasteiger charge is 2.26. The highest BCUT2D eigenvalue weighted by Crippen LogP contribution is 2.13. The summed E-state index contributed by atoms with van der Waals surface area (Å²) in [7, 11) is 0. The maximum atomic E-state index is 12.1. The molecule has 0 aliphatic rings. The normalized spacial score (nSPS) is 11.0. The number of ether oxygens (including phenoxy) is 2. The molecule has 0 radical (unpaired) electrons. The van der Waals surface area contributed by atoms with Gasteiger partial charge in [0.2, 0.25) is 0 Å². The molecule has 3 N–H and O–H groups in total. The summed E-state index contributed by atoms with van der Waals surface area (Å²) in [6.07, 6.45) is -2.07. The Labute approximate surface area is 218 Å². The number of amides is 3. The molecule has 3 amide bonds. The van der Waals surface area contributed by atoms with Crippen molar-refractivity contribution in [2.45, 2.75) is 39.5 Å². The Bertz CT molecular complexity index is 904. The average molecular weight is 515 g/mol. The molecule has 2 rings (SSSR count). The van der Waals surface area contributed by atoms with E-state index >= 15 is 0 Å². The predicted molar refractivity (Wildman–Crippen MR) is 140 cm³/mol. The Morgan fingerprint density at radius 2 is 1.16 bits per heavy atom. The van der Waals surface area contributed by atoms with Crippen LogP contribution in [-0.2, 0) is 22.7 Å². The molecule has 0 aliphatic carbocycles. The lowest BCUT2D eigenvalue weighted by Crippen LogP contribution is -2.49. The molecule has 2 aromatic rings. The van der Waals surface area contributed by atoms with Crippen LogP contribution in [0.5, 0.6) is 0 Å². The van der Waals surface area contributed by atoms with Gasteiger partial charge in [-0.25, -0.2) is 14.4 Å². The maximum Gasteiger partial charge on any atom is 0.407 e. The summed E-state index contributed by atoms with van der Waals surface area (Å²) in [5.41, 5.74) is 1.22. The van der Waals surface area contributed by atoms with Gasteiger partial charge in [0.1, 0.15) is 13.2 Å². The molecule has 0 heterocycles. The van der Waals surface area contributed by atoms with Crippen molar-refractivity contribution in [3.63, 3.8) is 0 Å². The Morgan fingerprint density at radius 1 is 0.730 bits per heavy atom. The lowest BCUT2D eigenvalue weighted by Gasteiger charge is -2.35. The third-order valence-corrected chi connectivity index (χ3v) is 5.50. The van der Waals surface area contributed by atoms with E-state index in [0.29, 0.717) is 32.7 Å². The van der Waals surface area contributed by atoms with Gasteiger partial charge in [-0.05, 0) is 31.9 Å². The molecule has 0 saturated carbocycles. The van der Waals surface area contributed by atoms with Gasteiger partial charge in [0.25, 0.3) is 0 Å². The van der Waals surface area contributed by atoms with Crippen LogP contribution < -0.4 is 10.6 Å². The van der Waals surface area contributed by atoms with Gasteiger partial charge < -0.3 is 30.1 Å².